The largest absolute Gasteiger partial charge is 0.478 e. The van der Waals surface area contributed by atoms with Gasteiger partial charge in [0.2, 0.25) is 0 Å². The van der Waals surface area contributed by atoms with Crippen LogP contribution in [-0.2, 0) is 0 Å². The van der Waals surface area contributed by atoms with Crippen LogP contribution in [0.25, 0.3) is 5.65 Å². The number of aromatic carboxylic acids is 1. The molecule has 2 N–H and O–H groups in total. The molecule has 1 atom stereocenters. The van der Waals surface area contributed by atoms with E-state index in [2.05, 4.69) is 10.3 Å². The van der Waals surface area contributed by atoms with Gasteiger partial charge in [-0.05, 0) is 18.2 Å². The minimum Gasteiger partial charge on any atom is -0.478 e. The average Bonchev–Trinajstić information content (AvgIpc) is 2.77. The molecule has 2 aromatic heterocycles. The third-order valence-corrected chi connectivity index (χ3v) is 5.86. The van der Waals surface area contributed by atoms with E-state index in [1.54, 1.807) is 0 Å². The summed E-state index contributed by atoms with van der Waals surface area (Å²) in [5.41, 5.74) is -2.38. The Morgan fingerprint density at radius 1 is 1.17 bits per heavy atom. The first-order chi connectivity index (χ1) is 16.4. The molecule has 1 aliphatic heterocycles. The average molecular weight is 517 g/mol. The number of carboxylic acids is 1. The van der Waals surface area contributed by atoms with E-state index in [4.69, 9.17) is 11.6 Å². The number of piperidine rings is 1. The number of pyridine rings is 1. The number of nitrogens with zero attached hydrogens (tertiary/aromatic N) is 3. The standard InChI is InChI=1S/C22H18ClF5N4O3/c23-12-9-14(18(22(26,27)28)29-15-4-2-1-3-13(15)20(34)35)19-30-16(10-17(33)32(19)11-12)31-7-5-21(24,25)6-8-31/h1-4,9-11,18,29H,5-8H2,(H,34,35)/t18-/m0/s1. The molecule has 3 aromatic rings. The highest BCUT2D eigenvalue weighted by molar-refractivity contribution is 6.30. The fraction of sp³-hybridized carbons (Fsp3) is 0.318. The van der Waals surface area contributed by atoms with Crippen molar-refractivity contribution in [3.8, 4) is 0 Å². The number of fused-ring (bicyclic) bond motifs is 1. The van der Waals surface area contributed by atoms with Crippen molar-refractivity contribution in [1.82, 2.24) is 9.38 Å². The Morgan fingerprint density at radius 3 is 2.46 bits per heavy atom. The highest BCUT2D eigenvalue weighted by atomic mass is 35.5. The molecule has 1 saturated heterocycles. The summed E-state index contributed by atoms with van der Waals surface area (Å²) in [6.07, 6.45) is -4.83. The van der Waals surface area contributed by atoms with Gasteiger partial charge in [-0.25, -0.2) is 18.6 Å². The Labute approximate surface area is 199 Å². The molecule has 0 spiro atoms. The second-order valence-corrected chi connectivity index (χ2v) is 8.51. The summed E-state index contributed by atoms with van der Waals surface area (Å²) < 4.78 is 70.8. The van der Waals surface area contributed by atoms with Gasteiger partial charge in [0, 0.05) is 49.4 Å². The molecular weight excluding hydrogens is 499 g/mol. The quantitative estimate of drug-likeness (QED) is 0.464. The summed E-state index contributed by atoms with van der Waals surface area (Å²) in [6.45, 7) is -0.267. The Morgan fingerprint density at radius 2 is 1.83 bits per heavy atom. The van der Waals surface area contributed by atoms with Crippen LogP contribution in [-0.4, -0.2) is 45.6 Å². The molecule has 0 unspecified atom stereocenters. The van der Waals surface area contributed by atoms with Gasteiger partial charge in [-0.15, -0.1) is 0 Å². The molecule has 1 aliphatic rings. The summed E-state index contributed by atoms with van der Waals surface area (Å²) in [5.74, 6) is -4.35. The second kappa shape index (κ2) is 8.99. The normalized spacial score (nSPS) is 16.8. The van der Waals surface area contributed by atoms with Crippen LogP contribution in [0.2, 0.25) is 5.02 Å². The van der Waals surface area contributed by atoms with Gasteiger partial charge < -0.3 is 15.3 Å². The lowest BCUT2D eigenvalue weighted by atomic mass is 10.1. The van der Waals surface area contributed by atoms with E-state index in [-0.39, 0.29) is 29.6 Å². The Hall–Kier alpha value is -3.41. The fourth-order valence-electron chi connectivity index (χ4n) is 3.91. The number of rotatable bonds is 5. The number of hydrogen-bond donors (Lipinski definition) is 2. The maximum absolute atomic E-state index is 14.3. The van der Waals surface area contributed by atoms with Gasteiger partial charge in [-0.3, -0.25) is 9.20 Å². The predicted molar refractivity (Wildman–Crippen MR) is 119 cm³/mol. The first-order valence-corrected chi connectivity index (χ1v) is 10.7. The van der Waals surface area contributed by atoms with Crippen LogP contribution in [0.15, 0.2) is 47.4 Å². The van der Waals surface area contributed by atoms with Crippen molar-refractivity contribution in [3.05, 3.63) is 69.1 Å². The molecule has 186 valence electrons. The molecule has 13 heteroatoms. The number of benzene rings is 1. The SMILES string of the molecule is O=C(O)c1ccccc1N[C@@H](c1cc(Cl)cn2c(=O)cc(N3CCC(F)(F)CC3)nc12)C(F)(F)F. The minimum absolute atomic E-state index is 0.0408. The molecule has 0 bridgehead atoms. The van der Waals surface area contributed by atoms with E-state index in [0.29, 0.717) is 0 Å². The maximum atomic E-state index is 14.3. The van der Waals surface area contributed by atoms with Crippen LogP contribution in [0.3, 0.4) is 0 Å². The molecule has 4 rings (SSSR count). The number of halogens is 6. The lowest BCUT2D eigenvalue weighted by Crippen LogP contribution is -2.40. The first kappa shape index (κ1) is 24.7. The van der Waals surface area contributed by atoms with Crippen LogP contribution in [0.5, 0.6) is 0 Å². The number of aromatic nitrogens is 2. The lowest BCUT2D eigenvalue weighted by Gasteiger charge is -2.32. The fourth-order valence-corrected chi connectivity index (χ4v) is 4.12. The molecule has 3 heterocycles. The minimum atomic E-state index is -4.96. The molecule has 1 aromatic carbocycles. The summed E-state index contributed by atoms with van der Waals surface area (Å²) >= 11 is 6.02. The van der Waals surface area contributed by atoms with Crippen LogP contribution in [0.1, 0.15) is 34.8 Å². The second-order valence-electron chi connectivity index (χ2n) is 8.07. The molecule has 7 nitrogen and oxygen atoms in total. The van der Waals surface area contributed by atoms with Crippen molar-refractivity contribution in [2.45, 2.75) is 31.0 Å². The number of para-hydroxylation sites is 1. The van der Waals surface area contributed by atoms with Gasteiger partial charge >= 0.3 is 12.1 Å². The molecule has 0 aliphatic carbocycles. The zero-order valence-electron chi connectivity index (χ0n) is 17.8. The number of carboxylic acid groups (broad SMARTS) is 1. The molecular formula is C22H18ClF5N4O3. The van der Waals surface area contributed by atoms with Gasteiger partial charge in [0.25, 0.3) is 11.5 Å². The molecule has 0 radical (unpaired) electrons. The Bertz CT molecular complexity index is 1330. The Kier molecular flexibility index (Phi) is 6.34. The van der Waals surface area contributed by atoms with E-state index < -0.39 is 59.3 Å². The van der Waals surface area contributed by atoms with E-state index in [1.165, 1.54) is 23.1 Å². The topological polar surface area (TPSA) is 86.9 Å². The zero-order valence-corrected chi connectivity index (χ0v) is 18.6. The Balaban J connectivity index is 1.86. The van der Waals surface area contributed by atoms with Gasteiger partial charge in [0.1, 0.15) is 11.5 Å². The molecule has 0 amide bonds. The van der Waals surface area contributed by atoms with Gasteiger partial charge in [0.15, 0.2) is 6.04 Å². The smallest absolute Gasteiger partial charge is 0.412 e. The van der Waals surface area contributed by atoms with Crippen molar-refractivity contribution < 1.29 is 31.9 Å². The van der Waals surface area contributed by atoms with E-state index in [1.807, 2.05) is 0 Å². The highest BCUT2D eigenvalue weighted by Crippen LogP contribution is 2.39. The number of hydrogen-bond acceptors (Lipinski definition) is 5. The van der Waals surface area contributed by atoms with Crippen LogP contribution < -0.4 is 15.8 Å². The predicted octanol–water partition coefficient (Wildman–Crippen LogP) is 5.00. The number of anilines is 2. The summed E-state index contributed by atoms with van der Waals surface area (Å²) in [7, 11) is 0. The lowest BCUT2D eigenvalue weighted by molar-refractivity contribution is -0.143. The third kappa shape index (κ3) is 5.16. The van der Waals surface area contributed by atoms with Crippen molar-refractivity contribution in [2.75, 3.05) is 23.3 Å². The van der Waals surface area contributed by atoms with Crippen molar-refractivity contribution in [2.24, 2.45) is 0 Å². The van der Waals surface area contributed by atoms with Gasteiger partial charge in [0.05, 0.1) is 10.6 Å². The maximum Gasteiger partial charge on any atom is 0.412 e. The zero-order chi connectivity index (χ0) is 25.5. The summed E-state index contributed by atoms with van der Waals surface area (Å²) in [5, 5.41) is 11.4. The van der Waals surface area contributed by atoms with Crippen LogP contribution >= 0.6 is 11.6 Å². The van der Waals surface area contributed by atoms with Crippen molar-refractivity contribution in [3.63, 3.8) is 0 Å². The van der Waals surface area contributed by atoms with Gasteiger partial charge in [-0.2, -0.15) is 13.2 Å². The van der Waals surface area contributed by atoms with E-state index >= 15 is 0 Å². The van der Waals surface area contributed by atoms with Gasteiger partial charge in [-0.1, -0.05) is 23.7 Å². The van der Waals surface area contributed by atoms with Crippen molar-refractivity contribution >= 4 is 34.7 Å². The monoisotopic (exact) mass is 516 g/mol. The van der Waals surface area contributed by atoms with Crippen LogP contribution in [0, 0.1) is 0 Å². The summed E-state index contributed by atoms with van der Waals surface area (Å²) in [6, 6.07) is 4.57. The first-order valence-electron chi connectivity index (χ1n) is 10.4. The molecule has 1 fully saturated rings. The third-order valence-electron chi connectivity index (χ3n) is 5.66. The molecule has 0 saturated carbocycles. The van der Waals surface area contributed by atoms with Crippen LogP contribution in [0.4, 0.5) is 33.5 Å². The number of nitrogens with one attached hydrogen (secondary N) is 1. The number of carbonyl (C=O) groups is 1. The van der Waals surface area contributed by atoms with Crippen molar-refractivity contribution in [1.29, 1.82) is 0 Å². The number of alkyl halides is 5. The van der Waals surface area contributed by atoms with E-state index in [0.717, 1.165) is 28.8 Å². The van der Waals surface area contributed by atoms with E-state index in [9.17, 15) is 36.6 Å². The summed E-state index contributed by atoms with van der Waals surface area (Å²) in [4.78, 5) is 29.9. The molecule has 35 heavy (non-hydrogen) atoms. The highest BCUT2D eigenvalue weighted by Gasteiger charge is 2.43.